The molecule has 0 heterocycles. The molecular formula is C19H22ClFN2O3. The molecule has 26 heavy (non-hydrogen) atoms. The van der Waals surface area contributed by atoms with Crippen LogP contribution in [0.2, 0.25) is 5.02 Å². The molecule has 0 aromatic heterocycles. The standard InChI is InChI=1S/C19H22ClFN2O3/c1-12(11-17(22)25)23-16(9-10-24)14-7-8-15(20)19(18(14)21)26-13-5-3-2-4-6-13/h2-8,12,16,23-24H,9-11H2,1H3,(H2,22,25)/t12-,16-/m0/s1. The van der Waals surface area contributed by atoms with Gasteiger partial charge in [0.15, 0.2) is 11.6 Å². The van der Waals surface area contributed by atoms with Crippen molar-refractivity contribution in [2.24, 2.45) is 5.73 Å². The molecule has 4 N–H and O–H groups in total. The molecule has 0 aliphatic heterocycles. The molecule has 0 bridgehead atoms. The molecule has 2 aromatic carbocycles. The van der Waals surface area contributed by atoms with Crippen molar-refractivity contribution in [1.29, 1.82) is 0 Å². The van der Waals surface area contributed by atoms with Crippen LogP contribution >= 0.6 is 11.6 Å². The van der Waals surface area contributed by atoms with Gasteiger partial charge >= 0.3 is 0 Å². The lowest BCUT2D eigenvalue weighted by Crippen LogP contribution is -2.35. The Balaban J connectivity index is 2.31. The predicted molar refractivity (Wildman–Crippen MR) is 98.8 cm³/mol. The first-order valence-electron chi connectivity index (χ1n) is 8.28. The summed E-state index contributed by atoms with van der Waals surface area (Å²) in [5.74, 6) is -0.696. The second-order valence-corrected chi connectivity index (χ2v) is 6.41. The van der Waals surface area contributed by atoms with E-state index in [9.17, 15) is 9.90 Å². The summed E-state index contributed by atoms with van der Waals surface area (Å²) in [5.41, 5.74) is 5.50. The van der Waals surface area contributed by atoms with Gasteiger partial charge < -0.3 is 20.9 Å². The number of aliphatic hydroxyl groups is 1. The Morgan fingerprint density at radius 1 is 1.31 bits per heavy atom. The first kappa shape index (κ1) is 20.2. The number of carbonyl (C=O) groups excluding carboxylic acids is 1. The smallest absolute Gasteiger partial charge is 0.218 e. The highest BCUT2D eigenvalue weighted by molar-refractivity contribution is 6.32. The van der Waals surface area contributed by atoms with Gasteiger partial charge in [-0.25, -0.2) is 4.39 Å². The molecule has 0 saturated carbocycles. The van der Waals surface area contributed by atoms with E-state index in [1.807, 2.05) is 6.07 Å². The zero-order valence-electron chi connectivity index (χ0n) is 14.4. The number of carbonyl (C=O) groups is 1. The van der Waals surface area contributed by atoms with E-state index in [0.29, 0.717) is 11.3 Å². The largest absolute Gasteiger partial charge is 0.453 e. The number of amides is 1. The molecule has 5 nitrogen and oxygen atoms in total. The number of nitrogens with one attached hydrogen (secondary N) is 1. The van der Waals surface area contributed by atoms with Crippen LogP contribution in [0.5, 0.6) is 11.5 Å². The third-order valence-electron chi connectivity index (χ3n) is 3.83. The van der Waals surface area contributed by atoms with Crippen LogP contribution in [0.3, 0.4) is 0 Å². The van der Waals surface area contributed by atoms with E-state index in [4.69, 9.17) is 22.1 Å². The number of primary amides is 1. The topological polar surface area (TPSA) is 84.6 Å². The first-order valence-corrected chi connectivity index (χ1v) is 8.66. The molecule has 2 aromatic rings. The average Bonchev–Trinajstić information content (AvgIpc) is 2.58. The zero-order chi connectivity index (χ0) is 19.1. The van der Waals surface area contributed by atoms with E-state index >= 15 is 4.39 Å². The van der Waals surface area contributed by atoms with Crippen molar-refractivity contribution in [2.45, 2.75) is 31.8 Å². The number of para-hydroxylation sites is 1. The highest BCUT2D eigenvalue weighted by Crippen LogP contribution is 2.36. The summed E-state index contributed by atoms with van der Waals surface area (Å²) < 4.78 is 20.7. The minimum absolute atomic E-state index is 0.0809. The predicted octanol–water partition coefficient (Wildman–Crippen LogP) is 3.55. The molecule has 2 atom stereocenters. The van der Waals surface area contributed by atoms with Crippen molar-refractivity contribution in [3.63, 3.8) is 0 Å². The highest BCUT2D eigenvalue weighted by atomic mass is 35.5. The van der Waals surface area contributed by atoms with Gasteiger partial charge in [0.1, 0.15) is 5.75 Å². The third kappa shape index (κ3) is 5.42. The number of hydrogen-bond acceptors (Lipinski definition) is 4. The lowest BCUT2D eigenvalue weighted by molar-refractivity contribution is -0.118. The molecule has 0 spiro atoms. The van der Waals surface area contributed by atoms with Gasteiger partial charge in [-0.1, -0.05) is 35.9 Å². The molecule has 0 saturated heterocycles. The zero-order valence-corrected chi connectivity index (χ0v) is 15.2. The second-order valence-electron chi connectivity index (χ2n) is 6.00. The summed E-state index contributed by atoms with van der Waals surface area (Å²) in [6.07, 6.45) is 0.358. The van der Waals surface area contributed by atoms with Crippen molar-refractivity contribution in [3.05, 3.63) is 58.9 Å². The van der Waals surface area contributed by atoms with Crippen molar-refractivity contribution < 1.29 is 19.0 Å². The molecule has 140 valence electrons. The van der Waals surface area contributed by atoms with Crippen LogP contribution in [-0.2, 0) is 4.79 Å². The van der Waals surface area contributed by atoms with Crippen LogP contribution in [-0.4, -0.2) is 23.7 Å². The monoisotopic (exact) mass is 380 g/mol. The number of halogens is 2. The molecule has 0 unspecified atom stereocenters. The Labute approximate surface area is 156 Å². The van der Waals surface area contributed by atoms with Gasteiger partial charge in [0.2, 0.25) is 5.91 Å². The number of benzene rings is 2. The Kier molecular flexibility index (Phi) is 7.38. The van der Waals surface area contributed by atoms with Gasteiger partial charge in [0.05, 0.1) is 5.02 Å². The molecule has 0 fully saturated rings. The fourth-order valence-electron chi connectivity index (χ4n) is 2.68. The normalized spacial score (nSPS) is 13.2. The maximum atomic E-state index is 15.1. The van der Waals surface area contributed by atoms with Crippen LogP contribution in [0.4, 0.5) is 4.39 Å². The maximum Gasteiger partial charge on any atom is 0.218 e. The van der Waals surface area contributed by atoms with Gasteiger partial charge in [-0.05, 0) is 31.5 Å². The molecule has 0 radical (unpaired) electrons. The van der Waals surface area contributed by atoms with E-state index in [1.54, 1.807) is 43.3 Å². The van der Waals surface area contributed by atoms with Gasteiger partial charge in [-0.15, -0.1) is 0 Å². The van der Waals surface area contributed by atoms with Crippen molar-refractivity contribution in [1.82, 2.24) is 5.32 Å². The van der Waals surface area contributed by atoms with Crippen molar-refractivity contribution in [2.75, 3.05) is 6.61 Å². The molecule has 0 aliphatic carbocycles. The third-order valence-corrected chi connectivity index (χ3v) is 4.13. The van der Waals surface area contributed by atoms with Crippen molar-refractivity contribution >= 4 is 17.5 Å². The lowest BCUT2D eigenvalue weighted by atomic mass is 10.0. The summed E-state index contributed by atoms with van der Waals surface area (Å²) in [6.45, 7) is 1.61. The highest BCUT2D eigenvalue weighted by Gasteiger charge is 2.23. The van der Waals surface area contributed by atoms with Crippen LogP contribution in [0, 0.1) is 5.82 Å². The molecule has 1 amide bonds. The molecule has 7 heteroatoms. The quantitative estimate of drug-likeness (QED) is 0.621. The van der Waals surface area contributed by atoms with Gasteiger partial charge in [-0.2, -0.15) is 0 Å². The fourth-order valence-corrected chi connectivity index (χ4v) is 2.86. The number of ether oxygens (including phenoxy) is 1. The lowest BCUT2D eigenvalue weighted by Gasteiger charge is -2.24. The SMILES string of the molecule is C[C@@H](CC(N)=O)N[C@@H](CCO)c1ccc(Cl)c(Oc2ccccc2)c1F. The van der Waals surface area contributed by atoms with Crippen LogP contribution in [0.1, 0.15) is 31.4 Å². The number of aliphatic hydroxyl groups excluding tert-OH is 1. The first-order chi connectivity index (χ1) is 12.4. The van der Waals surface area contributed by atoms with E-state index in [0.717, 1.165) is 0 Å². The van der Waals surface area contributed by atoms with Crippen LogP contribution in [0.15, 0.2) is 42.5 Å². The van der Waals surface area contributed by atoms with E-state index in [1.165, 1.54) is 0 Å². The molecule has 0 aliphatic rings. The van der Waals surface area contributed by atoms with E-state index in [2.05, 4.69) is 5.32 Å². The van der Waals surface area contributed by atoms with Gasteiger partial charge in [0, 0.05) is 30.7 Å². The number of nitrogens with two attached hydrogens (primary N) is 1. The Bertz CT molecular complexity index is 743. The average molecular weight is 381 g/mol. The van der Waals surface area contributed by atoms with E-state index < -0.39 is 17.8 Å². The van der Waals surface area contributed by atoms with Gasteiger partial charge in [-0.3, -0.25) is 4.79 Å². The summed E-state index contributed by atoms with van der Waals surface area (Å²) in [6, 6.07) is 11.0. The summed E-state index contributed by atoms with van der Waals surface area (Å²) in [5, 5.41) is 12.6. The second kappa shape index (κ2) is 9.52. The summed E-state index contributed by atoms with van der Waals surface area (Å²) in [7, 11) is 0. The maximum absolute atomic E-state index is 15.1. The van der Waals surface area contributed by atoms with E-state index in [-0.39, 0.29) is 36.3 Å². The minimum atomic E-state index is -0.612. The van der Waals surface area contributed by atoms with Crippen LogP contribution in [0.25, 0.3) is 0 Å². The van der Waals surface area contributed by atoms with Gasteiger partial charge in [0.25, 0.3) is 0 Å². The Hall–Kier alpha value is -2.15. The fraction of sp³-hybridized carbons (Fsp3) is 0.316. The Morgan fingerprint density at radius 3 is 2.62 bits per heavy atom. The summed E-state index contributed by atoms with van der Waals surface area (Å²) >= 11 is 6.11. The minimum Gasteiger partial charge on any atom is -0.453 e. The van der Waals surface area contributed by atoms with Crippen molar-refractivity contribution in [3.8, 4) is 11.5 Å². The summed E-state index contributed by atoms with van der Waals surface area (Å²) in [4.78, 5) is 11.1. The number of hydrogen-bond donors (Lipinski definition) is 3. The number of rotatable bonds is 9. The van der Waals surface area contributed by atoms with Crippen LogP contribution < -0.4 is 15.8 Å². The Morgan fingerprint density at radius 2 is 2.00 bits per heavy atom. The molecule has 2 rings (SSSR count). The molecular weight excluding hydrogens is 359 g/mol.